The maximum Gasteiger partial charge on any atom is 0.328 e. The number of nitrogens with one attached hydrogen (secondary N) is 2. The molecule has 6 nitrogen and oxygen atoms in total. The van der Waals surface area contributed by atoms with Gasteiger partial charge in [-0.1, -0.05) is 17.9 Å². The van der Waals surface area contributed by atoms with Crippen LogP contribution < -0.4 is 15.5 Å². The number of hydrogen-bond donors (Lipinski definition) is 2. The summed E-state index contributed by atoms with van der Waals surface area (Å²) in [6.45, 7) is 5.67. The lowest BCUT2D eigenvalue weighted by molar-refractivity contribution is -0.120. The molecule has 2 fully saturated rings. The van der Waals surface area contributed by atoms with E-state index >= 15 is 0 Å². The van der Waals surface area contributed by atoms with E-state index in [-0.39, 0.29) is 11.9 Å². The second-order valence-electron chi connectivity index (χ2n) is 5.95. The smallest absolute Gasteiger partial charge is 0.314 e. The molecule has 0 atom stereocenters. The zero-order chi connectivity index (χ0) is 16.8. The van der Waals surface area contributed by atoms with Gasteiger partial charge in [0, 0.05) is 63.4 Å². The summed E-state index contributed by atoms with van der Waals surface area (Å²) in [7, 11) is 0. The number of piperazine rings is 1. The highest BCUT2D eigenvalue weighted by Gasteiger charge is 2.24. The maximum absolute atomic E-state index is 11.9. The van der Waals surface area contributed by atoms with E-state index in [1.165, 1.54) is 0 Å². The van der Waals surface area contributed by atoms with Gasteiger partial charge in [-0.15, -0.1) is 0 Å². The molecule has 2 N–H and O–H groups in total. The van der Waals surface area contributed by atoms with E-state index in [2.05, 4.69) is 27.4 Å². The summed E-state index contributed by atoms with van der Waals surface area (Å²) in [6, 6.07) is 7.22. The Labute approximate surface area is 142 Å². The first-order chi connectivity index (χ1) is 11.7. The van der Waals surface area contributed by atoms with Crippen molar-refractivity contribution in [1.82, 2.24) is 15.5 Å². The number of carbonyl (C=O) groups excluding carboxylic acids is 2. The Balaban J connectivity index is 1.58. The van der Waals surface area contributed by atoms with Gasteiger partial charge in [-0.2, -0.15) is 0 Å². The van der Waals surface area contributed by atoms with Crippen molar-refractivity contribution in [2.75, 3.05) is 44.2 Å². The third kappa shape index (κ3) is 4.34. The quantitative estimate of drug-likeness (QED) is 0.806. The highest BCUT2D eigenvalue weighted by atomic mass is 16.2. The number of anilines is 1. The van der Waals surface area contributed by atoms with Gasteiger partial charge in [0.05, 0.1) is 0 Å². The van der Waals surface area contributed by atoms with Crippen molar-refractivity contribution < 1.29 is 9.59 Å². The van der Waals surface area contributed by atoms with Crippen LogP contribution in [0, 0.1) is 11.8 Å². The van der Waals surface area contributed by atoms with Crippen LogP contribution in [0.1, 0.15) is 18.4 Å². The first-order valence-electron chi connectivity index (χ1n) is 8.36. The van der Waals surface area contributed by atoms with Crippen molar-refractivity contribution in [3.8, 4) is 11.8 Å². The first-order valence-corrected chi connectivity index (χ1v) is 8.36. The SMILES string of the molecule is O=C1CCN(c2cccc(C#CCCN3CCNCC3)c2)C(=O)N1. The van der Waals surface area contributed by atoms with Crippen molar-refractivity contribution in [2.45, 2.75) is 12.8 Å². The number of carbonyl (C=O) groups is 2. The van der Waals surface area contributed by atoms with Gasteiger partial charge < -0.3 is 5.32 Å². The fourth-order valence-corrected chi connectivity index (χ4v) is 2.88. The van der Waals surface area contributed by atoms with Crippen LogP contribution in [0.4, 0.5) is 10.5 Å². The summed E-state index contributed by atoms with van der Waals surface area (Å²) in [4.78, 5) is 27.1. The average molecular weight is 326 g/mol. The summed E-state index contributed by atoms with van der Waals surface area (Å²) in [6.07, 6.45) is 1.16. The summed E-state index contributed by atoms with van der Waals surface area (Å²) >= 11 is 0. The van der Waals surface area contributed by atoms with E-state index in [4.69, 9.17) is 0 Å². The third-order valence-electron chi connectivity index (χ3n) is 4.21. The molecule has 3 amide bonds. The highest BCUT2D eigenvalue weighted by molar-refractivity contribution is 6.05. The fraction of sp³-hybridized carbons (Fsp3) is 0.444. The number of rotatable bonds is 3. The first kappa shape index (κ1) is 16.5. The molecule has 0 bridgehead atoms. The predicted molar refractivity (Wildman–Crippen MR) is 92.7 cm³/mol. The lowest BCUT2D eigenvalue weighted by Crippen LogP contribution is -2.49. The highest BCUT2D eigenvalue weighted by Crippen LogP contribution is 2.18. The minimum Gasteiger partial charge on any atom is -0.314 e. The third-order valence-corrected chi connectivity index (χ3v) is 4.21. The molecule has 126 valence electrons. The van der Waals surface area contributed by atoms with Crippen molar-refractivity contribution in [3.05, 3.63) is 29.8 Å². The molecule has 2 aliphatic heterocycles. The van der Waals surface area contributed by atoms with Crippen molar-refractivity contribution >= 4 is 17.6 Å². The molecular formula is C18H22N4O2. The molecule has 3 rings (SSSR count). The molecule has 1 aromatic rings. The topological polar surface area (TPSA) is 64.7 Å². The number of nitrogens with zero attached hydrogens (tertiary/aromatic N) is 2. The molecule has 2 aliphatic rings. The van der Waals surface area contributed by atoms with Crippen LogP contribution in [-0.4, -0.2) is 56.1 Å². The fourth-order valence-electron chi connectivity index (χ4n) is 2.88. The van der Waals surface area contributed by atoms with E-state index in [9.17, 15) is 9.59 Å². The van der Waals surface area contributed by atoms with Crippen LogP contribution in [0.2, 0.25) is 0 Å². The van der Waals surface area contributed by atoms with E-state index in [0.29, 0.717) is 13.0 Å². The standard InChI is InChI=1S/C18H22N4O2/c23-17-7-11-22(18(24)20-17)16-6-3-5-15(14-16)4-1-2-10-21-12-8-19-9-13-21/h3,5-6,14,19H,2,7-13H2,(H,20,23,24). The molecule has 6 heteroatoms. The van der Waals surface area contributed by atoms with Crippen LogP contribution in [0.5, 0.6) is 0 Å². The molecular weight excluding hydrogens is 304 g/mol. The average Bonchev–Trinajstić information content (AvgIpc) is 2.60. The Morgan fingerprint density at radius 3 is 2.75 bits per heavy atom. The number of benzene rings is 1. The lowest BCUT2D eigenvalue weighted by Gasteiger charge is -2.26. The summed E-state index contributed by atoms with van der Waals surface area (Å²) in [5.41, 5.74) is 1.66. The molecule has 2 saturated heterocycles. The predicted octanol–water partition coefficient (Wildman–Crippen LogP) is 0.780. The zero-order valence-electron chi connectivity index (χ0n) is 13.7. The number of urea groups is 1. The second kappa shape index (κ2) is 7.95. The second-order valence-corrected chi connectivity index (χ2v) is 5.95. The summed E-state index contributed by atoms with van der Waals surface area (Å²) < 4.78 is 0. The number of imide groups is 1. The molecule has 0 radical (unpaired) electrons. The molecule has 1 aromatic carbocycles. The van der Waals surface area contributed by atoms with Crippen LogP contribution in [-0.2, 0) is 4.79 Å². The molecule has 0 aromatic heterocycles. The Bertz CT molecular complexity index is 671. The molecule has 2 heterocycles. The van der Waals surface area contributed by atoms with E-state index in [1.54, 1.807) is 4.90 Å². The van der Waals surface area contributed by atoms with Gasteiger partial charge in [0.1, 0.15) is 0 Å². The molecule has 0 saturated carbocycles. The monoisotopic (exact) mass is 326 g/mol. The number of amides is 3. The Morgan fingerprint density at radius 1 is 1.12 bits per heavy atom. The van der Waals surface area contributed by atoms with Gasteiger partial charge in [0.2, 0.25) is 5.91 Å². The van der Waals surface area contributed by atoms with Gasteiger partial charge in [0.15, 0.2) is 0 Å². The molecule has 24 heavy (non-hydrogen) atoms. The largest absolute Gasteiger partial charge is 0.328 e. The lowest BCUT2D eigenvalue weighted by atomic mass is 10.1. The summed E-state index contributed by atoms with van der Waals surface area (Å²) in [5, 5.41) is 5.68. The van der Waals surface area contributed by atoms with Crippen LogP contribution in [0.3, 0.4) is 0 Å². The van der Waals surface area contributed by atoms with Gasteiger partial charge in [-0.3, -0.25) is 19.9 Å². The van der Waals surface area contributed by atoms with E-state index in [0.717, 1.165) is 50.4 Å². The van der Waals surface area contributed by atoms with Gasteiger partial charge in [-0.25, -0.2) is 4.79 Å². The Hall–Kier alpha value is -2.36. The van der Waals surface area contributed by atoms with Crippen molar-refractivity contribution in [3.63, 3.8) is 0 Å². The van der Waals surface area contributed by atoms with E-state index in [1.807, 2.05) is 24.3 Å². The molecule has 0 spiro atoms. The zero-order valence-corrected chi connectivity index (χ0v) is 13.7. The minimum absolute atomic E-state index is 0.222. The van der Waals surface area contributed by atoms with Crippen LogP contribution in [0.15, 0.2) is 24.3 Å². The molecule has 0 aliphatic carbocycles. The van der Waals surface area contributed by atoms with Crippen LogP contribution >= 0.6 is 0 Å². The maximum atomic E-state index is 11.9. The Morgan fingerprint density at radius 2 is 1.96 bits per heavy atom. The van der Waals surface area contributed by atoms with Gasteiger partial charge in [-0.05, 0) is 18.2 Å². The normalized spacial score (nSPS) is 18.8. The Kier molecular flexibility index (Phi) is 5.47. The van der Waals surface area contributed by atoms with E-state index < -0.39 is 0 Å². The van der Waals surface area contributed by atoms with Crippen LogP contribution in [0.25, 0.3) is 0 Å². The minimum atomic E-state index is -0.366. The van der Waals surface area contributed by atoms with Crippen molar-refractivity contribution in [1.29, 1.82) is 0 Å². The van der Waals surface area contributed by atoms with Gasteiger partial charge in [0.25, 0.3) is 0 Å². The number of hydrogen-bond acceptors (Lipinski definition) is 4. The van der Waals surface area contributed by atoms with Gasteiger partial charge >= 0.3 is 6.03 Å². The van der Waals surface area contributed by atoms with Crippen molar-refractivity contribution in [2.24, 2.45) is 0 Å². The summed E-state index contributed by atoms with van der Waals surface area (Å²) in [5.74, 6) is 6.16. The molecule has 0 unspecified atom stereocenters.